The third-order valence-corrected chi connectivity index (χ3v) is 14.6. The van der Waals surface area contributed by atoms with Crippen LogP contribution in [0, 0.1) is 12.3 Å². The quantitative estimate of drug-likeness (QED) is 0.0883. The van der Waals surface area contributed by atoms with E-state index in [2.05, 4.69) is 52.5 Å². The lowest BCUT2D eigenvalue weighted by molar-refractivity contribution is -0.180. The van der Waals surface area contributed by atoms with E-state index in [0.29, 0.717) is 79.2 Å². The van der Waals surface area contributed by atoms with Gasteiger partial charge in [-0.2, -0.15) is 4.98 Å². The van der Waals surface area contributed by atoms with Gasteiger partial charge in [0.2, 0.25) is 33.7 Å². The summed E-state index contributed by atoms with van der Waals surface area (Å²) in [5.41, 5.74) is 6.65. The molecule has 6 aliphatic rings. The summed E-state index contributed by atoms with van der Waals surface area (Å²) < 4.78 is 34.4. The van der Waals surface area contributed by atoms with E-state index in [4.69, 9.17) is 10.5 Å². The third kappa shape index (κ3) is 8.18. The van der Waals surface area contributed by atoms with Crippen molar-refractivity contribution in [3.8, 4) is 5.75 Å². The van der Waals surface area contributed by atoms with Gasteiger partial charge in [-0.15, -0.1) is 0 Å². The van der Waals surface area contributed by atoms with E-state index in [1.54, 1.807) is 43.5 Å². The average molecular weight is 922 g/mol. The highest BCUT2D eigenvalue weighted by molar-refractivity contribution is 9.10. The molecule has 5 fully saturated rings. The molecule has 2 bridgehead atoms. The van der Waals surface area contributed by atoms with E-state index < -0.39 is 51.0 Å². The van der Waals surface area contributed by atoms with Crippen molar-refractivity contribution in [2.45, 2.75) is 69.5 Å². The van der Waals surface area contributed by atoms with Crippen LogP contribution < -0.4 is 37.1 Å². The first kappa shape index (κ1) is 42.2. The van der Waals surface area contributed by atoms with Gasteiger partial charge in [0.25, 0.3) is 17.7 Å². The normalized spacial score (nSPS) is 23.7. The van der Waals surface area contributed by atoms with Gasteiger partial charge in [0.1, 0.15) is 24.2 Å². The molecule has 3 aliphatic heterocycles. The topological polar surface area (TPSA) is 264 Å². The van der Waals surface area contributed by atoms with Crippen LogP contribution >= 0.6 is 15.9 Å². The minimum absolute atomic E-state index is 0.000127. The summed E-state index contributed by atoms with van der Waals surface area (Å²) in [6.45, 7) is 2.97. The lowest BCUT2D eigenvalue weighted by atomic mass is 9.39. The lowest BCUT2D eigenvalue weighted by Gasteiger charge is -2.69. The van der Waals surface area contributed by atoms with Gasteiger partial charge in [0.15, 0.2) is 0 Å². The van der Waals surface area contributed by atoms with Crippen molar-refractivity contribution in [2.75, 3.05) is 49.2 Å². The molecule has 21 heteroatoms. The number of anilines is 3. The highest BCUT2D eigenvalue weighted by Crippen LogP contribution is 2.67. The molecule has 19 nitrogen and oxygen atoms in total. The van der Waals surface area contributed by atoms with Gasteiger partial charge in [-0.05, 0) is 85.1 Å². The molecule has 2 saturated heterocycles. The molecule has 2 aromatic carbocycles. The summed E-state index contributed by atoms with van der Waals surface area (Å²) in [5.74, 6) is -2.34. The maximum absolute atomic E-state index is 13.3. The zero-order valence-corrected chi connectivity index (χ0v) is 35.6. The number of halogens is 1. The molecule has 0 radical (unpaired) electrons. The third-order valence-electron chi connectivity index (χ3n) is 12.1. The Labute approximate surface area is 359 Å². The molecular weight excluding hydrogens is 876 g/mol. The number of nitrogens with one attached hydrogen (secondary N) is 5. The maximum Gasteiger partial charge on any atom is 0.266 e. The maximum atomic E-state index is 13.3. The Morgan fingerprint density at radius 3 is 2.48 bits per heavy atom. The molecule has 61 heavy (non-hydrogen) atoms. The average Bonchev–Trinajstić information content (AvgIpc) is 3.44. The van der Waals surface area contributed by atoms with Gasteiger partial charge < -0.3 is 31.7 Å². The SMILES string of the molecule is Cc1cccc(Nc2nc(NC3CCN(S(=O)(=O)CCNC(=O)C45CC(NCCOc6cccc7c6C(=O)N(C6CCC(=O)NC6=O)C7=O)(C4)C5)CC3)ncc2Br)c1C(N)=O. The van der Waals surface area contributed by atoms with Gasteiger partial charge in [0.05, 0.1) is 38.0 Å². The Morgan fingerprint density at radius 2 is 1.75 bits per heavy atom. The number of ether oxygens (including phenoxy) is 1. The number of primary amides is 1. The number of nitrogens with zero attached hydrogens (tertiary/aromatic N) is 4. The van der Waals surface area contributed by atoms with Gasteiger partial charge in [-0.1, -0.05) is 18.2 Å². The second-order valence-electron chi connectivity index (χ2n) is 16.3. The van der Waals surface area contributed by atoms with Crippen molar-refractivity contribution in [2.24, 2.45) is 11.1 Å². The predicted octanol–water partition coefficient (Wildman–Crippen LogP) is 1.70. The number of aromatic nitrogens is 2. The number of aryl methyl sites for hydroxylation is 1. The van der Waals surface area contributed by atoms with Crippen LogP contribution in [-0.2, 0) is 24.4 Å². The summed E-state index contributed by atoms with van der Waals surface area (Å²) >= 11 is 3.45. The van der Waals surface area contributed by atoms with Crippen molar-refractivity contribution in [3.63, 3.8) is 0 Å². The number of amides is 6. The zero-order chi connectivity index (χ0) is 43.3. The smallest absolute Gasteiger partial charge is 0.266 e. The molecule has 4 heterocycles. The highest BCUT2D eigenvalue weighted by atomic mass is 79.9. The molecule has 1 unspecified atom stereocenters. The molecule has 1 aromatic heterocycles. The molecule has 7 N–H and O–H groups in total. The number of rotatable bonds is 16. The summed E-state index contributed by atoms with van der Waals surface area (Å²) in [4.78, 5) is 85.5. The summed E-state index contributed by atoms with van der Waals surface area (Å²) in [6, 6.07) is 8.88. The number of carbonyl (C=O) groups is 6. The fraction of sp³-hybridized carbons (Fsp3) is 0.450. The molecule has 6 amide bonds. The first-order valence-corrected chi connectivity index (χ1v) is 22.4. The van der Waals surface area contributed by atoms with Crippen molar-refractivity contribution in [3.05, 3.63) is 69.3 Å². The van der Waals surface area contributed by atoms with Crippen LogP contribution in [0.1, 0.15) is 81.6 Å². The van der Waals surface area contributed by atoms with Gasteiger partial charge in [-0.3, -0.25) is 39.0 Å². The molecule has 9 rings (SSSR count). The van der Waals surface area contributed by atoms with Crippen LogP contribution in [0.25, 0.3) is 0 Å². The van der Waals surface area contributed by atoms with E-state index in [-0.39, 0.29) is 66.1 Å². The van der Waals surface area contributed by atoms with E-state index in [0.717, 1.165) is 10.5 Å². The predicted molar refractivity (Wildman–Crippen MR) is 223 cm³/mol. The number of imide groups is 2. The number of nitrogens with two attached hydrogens (primary N) is 1. The number of sulfonamides is 1. The fourth-order valence-corrected chi connectivity index (χ4v) is 10.8. The molecule has 3 saturated carbocycles. The van der Waals surface area contributed by atoms with Crippen LogP contribution in [0.4, 0.5) is 17.5 Å². The Balaban J connectivity index is 0.745. The molecule has 3 aliphatic carbocycles. The molecule has 1 atom stereocenters. The minimum Gasteiger partial charge on any atom is -0.491 e. The molecule has 3 aromatic rings. The Morgan fingerprint density at radius 1 is 1.02 bits per heavy atom. The summed E-state index contributed by atoms with van der Waals surface area (Å²) in [7, 11) is -3.63. The van der Waals surface area contributed by atoms with Gasteiger partial charge >= 0.3 is 0 Å². The Kier molecular flexibility index (Phi) is 11.3. The minimum atomic E-state index is -3.63. The standard InChI is InChI=1S/C40H45BrN10O9S/c1-22-4-2-6-26(30(22)32(42)53)47-33-25(41)18-44-38(49-33)46-23-10-14-50(15-11-23)61(58,59)17-13-43-37(57)39-19-40(20-39,21-39)45-12-16-60-28-7-3-5-24-31(28)36(56)51(35(24)55)27-8-9-29(52)48-34(27)54/h2-7,18,23,27,45H,8-17,19-21H2,1H3,(H2,42,53)(H,43,57)(H,48,52,54)(H2,44,46,47,49). The lowest BCUT2D eigenvalue weighted by Crippen LogP contribution is -2.77. The fourth-order valence-electron chi connectivity index (χ4n) is 9.12. The number of carbonyl (C=O) groups excluding carboxylic acids is 6. The first-order valence-electron chi connectivity index (χ1n) is 20.0. The number of hydrogen-bond acceptors (Lipinski definition) is 14. The van der Waals surface area contributed by atoms with E-state index >= 15 is 0 Å². The van der Waals surface area contributed by atoms with Crippen LogP contribution in [-0.4, -0.2) is 119 Å². The van der Waals surface area contributed by atoms with E-state index in [1.165, 1.54) is 10.4 Å². The Bertz CT molecular complexity index is 2440. The number of benzene rings is 2. The van der Waals surface area contributed by atoms with Crippen molar-refractivity contribution in [1.29, 1.82) is 0 Å². The Hall–Kier alpha value is -5.51. The molecule has 322 valence electrons. The monoisotopic (exact) mass is 920 g/mol. The molecular formula is C40H45BrN10O9S. The highest BCUT2D eigenvalue weighted by Gasteiger charge is 2.71. The van der Waals surface area contributed by atoms with Crippen molar-refractivity contribution in [1.82, 2.24) is 35.1 Å². The zero-order valence-electron chi connectivity index (χ0n) is 33.2. The van der Waals surface area contributed by atoms with E-state index in [1.807, 2.05) is 0 Å². The van der Waals surface area contributed by atoms with Crippen LogP contribution in [0.15, 0.2) is 47.1 Å². The number of fused-ring (bicyclic) bond motifs is 1. The number of piperidine rings is 2. The summed E-state index contributed by atoms with van der Waals surface area (Å²) in [5, 5.41) is 14.9. The van der Waals surface area contributed by atoms with Crippen LogP contribution in [0.5, 0.6) is 5.75 Å². The van der Waals surface area contributed by atoms with Crippen LogP contribution in [0.2, 0.25) is 0 Å². The van der Waals surface area contributed by atoms with Crippen LogP contribution in [0.3, 0.4) is 0 Å². The second kappa shape index (κ2) is 16.4. The molecule has 0 spiro atoms. The van der Waals surface area contributed by atoms with Crippen molar-refractivity contribution >= 4 is 78.8 Å². The first-order chi connectivity index (χ1) is 29.1. The number of hydrogen-bond donors (Lipinski definition) is 6. The largest absolute Gasteiger partial charge is 0.491 e. The van der Waals surface area contributed by atoms with Gasteiger partial charge in [-0.25, -0.2) is 17.7 Å². The summed E-state index contributed by atoms with van der Waals surface area (Å²) in [6.07, 6.45) is 4.53. The van der Waals surface area contributed by atoms with Crippen molar-refractivity contribution < 1.29 is 41.9 Å². The van der Waals surface area contributed by atoms with E-state index in [9.17, 15) is 37.2 Å². The van der Waals surface area contributed by atoms with Gasteiger partial charge in [0, 0.05) is 50.4 Å². The second-order valence-corrected chi connectivity index (χ2v) is 19.2.